The molecule has 8 heteroatoms. The zero-order valence-electron chi connectivity index (χ0n) is 17.9. The third-order valence-corrected chi connectivity index (χ3v) is 5.82. The zero-order chi connectivity index (χ0) is 22.4. The second kappa shape index (κ2) is 10.5. The molecule has 1 fully saturated rings. The molecule has 2 atom stereocenters. The van der Waals surface area contributed by atoms with Crippen LogP contribution in [0.5, 0.6) is 11.5 Å². The van der Waals surface area contributed by atoms with Crippen LogP contribution in [0, 0.1) is 5.92 Å². The van der Waals surface area contributed by atoms with E-state index >= 15 is 0 Å². The van der Waals surface area contributed by atoms with Crippen LogP contribution in [0.1, 0.15) is 21.8 Å². The molecule has 0 spiro atoms. The SMILES string of the molecule is COCCNC(=O)C1CN(C(=O)c2ccccc2Cl)CC1c1cccc(OC)c1OC. The van der Waals surface area contributed by atoms with Gasteiger partial charge in [0.2, 0.25) is 5.91 Å². The molecule has 1 aliphatic heterocycles. The summed E-state index contributed by atoms with van der Waals surface area (Å²) in [7, 11) is 4.71. The summed E-state index contributed by atoms with van der Waals surface area (Å²) in [6.45, 7) is 1.43. The Bertz CT molecular complexity index is 936. The Labute approximate surface area is 187 Å². The first-order chi connectivity index (χ1) is 15.0. The molecule has 2 amide bonds. The number of ether oxygens (including phenoxy) is 3. The molecule has 31 heavy (non-hydrogen) atoms. The number of para-hydroxylation sites is 1. The van der Waals surface area contributed by atoms with E-state index in [9.17, 15) is 9.59 Å². The molecule has 2 aromatic carbocycles. The molecule has 7 nitrogen and oxygen atoms in total. The highest BCUT2D eigenvalue weighted by Crippen LogP contribution is 2.42. The van der Waals surface area contributed by atoms with Gasteiger partial charge in [-0.3, -0.25) is 9.59 Å². The van der Waals surface area contributed by atoms with Crippen LogP contribution < -0.4 is 14.8 Å². The molecular weight excluding hydrogens is 420 g/mol. The monoisotopic (exact) mass is 446 g/mol. The Balaban J connectivity index is 1.94. The maximum absolute atomic E-state index is 13.2. The molecule has 2 aromatic rings. The lowest BCUT2D eigenvalue weighted by Gasteiger charge is -2.21. The van der Waals surface area contributed by atoms with E-state index in [1.165, 1.54) is 0 Å². The average molecular weight is 447 g/mol. The fraction of sp³-hybridized carbons (Fsp3) is 0.391. The number of hydrogen-bond acceptors (Lipinski definition) is 5. The topological polar surface area (TPSA) is 77.1 Å². The summed E-state index contributed by atoms with van der Waals surface area (Å²) in [5, 5.41) is 3.29. The van der Waals surface area contributed by atoms with Crippen LogP contribution in [0.3, 0.4) is 0 Å². The smallest absolute Gasteiger partial charge is 0.255 e. The standard InChI is InChI=1S/C23H27ClN2O5/c1-29-12-11-25-22(27)18-14-26(23(28)16-7-4-5-9-19(16)24)13-17(18)15-8-6-10-20(30-2)21(15)31-3/h4-10,17-18H,11-14H2,1-3H3,(H,25,27). The third kappa shape index (κ3) is 4.94. The highest BCUT2D eigenvalue weighted by atomic mass is 35.5. The first-order valence-corrected chi connectivity index (χ1v) is 10.4. The number of carbonyl (C=O) groups is 2. The summed E-state index contributed by atoms with van der Waals surface area (Å²) < 4.78 is 16.1. The molecule has 166 valence electrons. The normalized spacial score (nSPS) is 18.0. The molecule has 1 saturated heterocycles. The number of rotatable bonds is 8. The summed E-state index contributed by atoms with van der Waals surface area (Å²) >= 11 is 6.24. The molecule has 0 bridgehead atoms. The van der Waals surface area contributed by atoms with Crippen molar-refractivity contribution >= 4 is 23.4 Å². The second-order valence-electron chi connectivity index (χ2n) is 7.27. The highest BCUT2D eigenvalue weighted by Gasteiger charge is 2.42. The van der Waals surface area contributed by atoms with Gasteiger partial charge >= 0.3 is 0 Å². The van der Waals surface area contributed by atoms with E-state index < -0.39 is 5.92 Å². The number of amides is 2. The zero-order valence-corrected chi connectivity index (χ0v) is 18.6. The van der Waals surface area contributed by atoms with Crippen molar-refractivity contribution < 1.29 is 23.8 Å². The Morgan fingerprint density at radius 3 is 2.52 bits per heavy atom. The molecule has 2 unspecified atom stereocenters. The number of benzene rings is 2. The van der Waals surface area contributed by atoms with E-state index in [1.807, 2.05) is 12.1 Å². The first-order valence-electron chi connectivity index (χ1n) is 10.0. The summed E-state index contributed by atoms with van der Waals surface area (Å²) in [6, 6.07) is 12.5. The minimum atomic E-state index is -0.454. The molecule has 0 aromatic heterocycles. The number of nitrogens with one attached hydrogen (secondary N) is 1. The Morgan fingerprint density at radius 1 is 1.06 bits per heavy atom. The lowest BCUT2D eigenvalue weighted by Crippen LogP contribution is -2.37. The molecule has 0 aliphatic carbocycles. The number of carbonyl (C=O) groups excluding carboxylic acids is 2. The maximum Gasteiger partial charge on any atom is 0.255 e. The molecular formula is C23H27ClN2O5. The van der Waals surface area contributed by atoms with Gasteiger partial charge in [0, 0.05) is 38.2 Å². The van der Waals surface area contributed by atoms with Crippen LogP contribution in [-0.4, -0.2) is 64.3 Å². The van der Waals surface area contributed by atoms with Crippen LogP contribution in [0.2, 0.25) is 5.02 Å². The molecule has 3 rings (SSSR count). The fourth-order valence-electron chi connectivity index (χ4n) is 3.97. The summed E-state index contributed by atoms with van der Waals surface area (Å²) in [6.07, 6.45) is 0. The Hall–Kier alpha value is -2.77. The van der Waals surface area contributed by atoms with Crippen molar-refractivity contribution in [1.82, 2.24) is 10.2 Å². The van der Waals surface area contributed by atoms with Crippen LogP contribution in [-0.2, 0) is 9.53 Å². The van der Waals surface area contributed by atoms with Gasteiger partial charge in [-0.2, -0.15) is 0 Å². The van der Waals surface area contributed by atoms with Crippen molar-refractivity contribution in [2.75, 3.05) is 47.6 Å². The van der Waals surface area contributed by atoms with Gasteiger partial charge < -0.3 is 24.4 Å². The van der Waals surface area contributed by atoms with Crippen LogP contribution >= 0.6 is 11.6 Å². The van der Waals surface area contributed by atoms with Gasteiger partial charge in [0.05, 0.1) is 37.3 Å². The molecule has 0 saturated carbocycles. The predicted molar refractivity (Wildman–Crippen MR) is 118 cm³/mol. The highest BCUT2D eigenvalue weighted by molar-refractivity contribution is 6.33. The second-order valence-corrected chi connectivity index (χ2v) is 7.68. The van der Waals surface area contributed by atoms with Gasteiger partial charge in [0.25, 0.3) is 5.91 Å². The summed E-state index contributed by atoms with van der Waals surface area (Å²) in [5.41, 5.74) is 1.24. The molecule has 1 N–H and O–H groups in total. The number of hydrogen-bond donors (Lipinski definition) is 1. The van der Waals surface area contributed by atoms with Crippen LogP contribution in [0.25, 0.3) is 0 Å². The van der Waals surface area contributed by atoms with Gasteiger partial charge in [-0.05, 0) is 18.2 Å². The lowest BCUT2D eigenvalue weighted by molar-refractivity contribution is -0.125. The van der Waals surface area contributed by atoms with Gasteiger partial charge in [-0.15, -0.1) is 0 Å². The Kier molecular flexibility index (Phi) is 7.76. The van der Waals surface area contributed by atoms with Gasteiger partial charge in [0.1, 0.15) is 0 Å². The van der Waals surface area contributed by atoms with Crippen molar-refractivity contribution in [1.29, 1.82) is 0 Å². The van der Waals surface area contributed by atoms with Crippen molar-refractivity contribution in [3.8, 4) is 11.5 Å². The summed E-state index contributed by atoms with van der Waals surface area (Å²) in [5.74, 6) is 0.0838. The van der Waals surface area contributed by atoms with Gasteiger partial charge in [0.15, 0.2) is 11.5 Å². The number of halogens is 1. The van der Waals surface area contributed by atoms with Crippen molar-refractivity contribution in [2.24, 2.45) is 5.92 Å². The van der Waals surface area contributed by atoms with Crippen molar-refractivity contribution in [2.45, 2.75) is 5.92 Å². The lowest BCUT2D eigenvalue weighted by atomic mass is 9.87. The van der Waals surface area contributed by atoms with Crippen molar-refractivity contribution in [3.05, 3.63) is 58.6 Å². The van der Waals surface area contributed by atoms with E-state index in [0.29, 0.717) is 41.8 Å². The minimum Gasteiger partial charge on any atom is -0.493 e. The van der Waals surface area contributed by atoms with E-state index in [1.54, 1.807) is 56.6 Å². The first kappa shape index (κ1) is 22.9. The van der Waals surface area contributed by atoms with Gasteiger partial charge in [-0.25, -0.2) is 0 Å². The minimum absolute atomic E-state index is 0.138. The molecule has 0 radical (unpaired) electrons. The maximum atomic E-state index is 13.2. The molecule has 1 aliphatic rings. The van der Waals surface area contributed by atoms with E-state index in [4.69, 9.17) is 25.8 Å². The number of methoxy groups -OCH3 is 3. The number of likely N-dealkylation sites (tertiary alicyclic amines) is 1. The van der Waals surface area contributed by atoms with Crippen LogP contribution in [0.4, 0.5) is 0 Å². The fourth-order valence-corrected chi connectivity index (χ4v) is 4.18. The molecule has 1 heterocycles. The van der Waals surface area contributed by atoms with E-state index in [2.05, 4.69) is 5.32 Å². The van der Waals surface area contributed by atoms with Crippen LogP contribution in [0.15, 0.2) is 42.5 Å². The van der Waals surface area contributed by atoms with E-state index in [0.717, 1.165) is 5.56 Å². The average Bonchev–Trinajstić information content (AvgIpc) is 3.24. The number of nitrogens with zero attached hydrogens (tertiary/aromatic N) is 1. The van der Waals surface area contributed by atoms with Gasteiger partial charge in [-0.1, -0.05) is 35.9 Å². The van der Waals surface area contributed by atoms with Crippen molar-refractivity contribution in [3.63, 3.8) is 0 Å². The quantitative estimate of drug-likeness (QED) is 0.631. The predicted octanol–water partition coefficient (Wildman–Crippen LogP) is 2.98. The largest absolute Gasteiger partial charge is 0.493 e. The van der Waals surface area contributed by atoms with E-state index in [-0.39, 0.29) is 24.3 Å². The summed E-state index contributed by atoms with van der Waals surface area (Å²) in [4.78, 5) is 27.9. The Morgan fingerprint density at radius 2 is 1.84 bits per heavy atom. The third-order valence-electron chi connectivity index (χ3n) is 5.49.